The predicted molar refractivity (Wildman–Crippen MR) is 79.4 cm³/mol. The second-order valence-corrected chi connectivity index (χ2v) is 5.60. The zero-order chi connectivity index (χ0) is 13.8. The molecule has 0 fully saturated rings. The fourth-order valence-corrected chi connectivity index (χ4v) is 2.45. The van der Waals surface area contributed by atoms with Crippen molar-refractivity contribution in [2.24, 2.45) is 7.05 Å². The van der Waals surface area contributed by atoms with Gasteiger partial charge in [0.2, 0.25) is 0 Å². The summed E-state index contributed by atoms with van der Waals surface area (Å²) in [7, 11) is 1.70. The van der Waals surface area contributed by atoms with Gasteiger partial charge in [-0.15, -0.1) is 11.3 Å². The lowest BCUT2D eigenvalue weighted by atomic mass is 10.2. The van der Waals surface area contributed by atoms with Gasteiger partial charge in [-0.1, -0.05) is 13.0 Å². The Hall–Kier alpha value is -1.46. The van der Waals surface area contributed by atoms with Crippen molar-refractivity contribution in [3.63, 3.8) is 0 Å². The largest absolute Gasteiger partial charge is 0.310 e. The van der Waals surface area contributed by atoms with Crippen LogP contribution in [0.15, 0.2) is 28.4 Å². The minimum Gasteiger partial charge on any atom is -0.310 e. The summed E-state index contributed by atoms with van der Waals surface area (Å²) in [6.45, 7) is 4.83. The first kappa shape index (κ1) is 14.0. The van der Waals surface area contributed by atoms with E-state index in [9.17, 15) is 4.79 Å². The minimum absolute atomic E-state index is 0.0314. The Morgan fingerprint density at radius 3 is 2.95 bits per heavy atom. The number of hydrogen-bond acceptors (Lipinski definition) is 4. The average Bonchev–Trinajstić information content (AvgIpc) is 2.93. The van der Waals surface area contributed by atoms with Crippen LogP contribution in [0.4, 0.5) is 0 Å². The van der Waals surface area contributed by atoms with Crippen LogP contribution in [0.5, 0.6) is 0 Å². The molecule has 0 spiro atoms. The molecule has 0 aromatic carbocycles. The van der Waals surface area contributed by atoms with Crippen molar-refractivity contribution in [2.45, 2.75) is 32.9 Å². The van der Waals surface area contributed by atoms with Gasteiger partial charge in [-0.25, -0.2) is 4.68 Å². The van der Waals surface area contributed by atoms with Crippen LogP contribution in [0.25, 0.3) is 10.6 Å². The second kappa shape index (κ2) is 6.12. The quantitative estimate of drug-likeness (QED) is 0.913. The van der Waals surface area contributed by atoms with E-state index in [2.05, 4.69) is 24.3 Å². The van der Waals surface area contributed by atoms with Gasteiger partial charge >= 0.3 is 0 Å². The first-order valence-electron chi connectivity index (χ1n) is 6.46. The lowest BCUT2D eigenvalue weighted by Crippen LogP contribution is -2.31. The summed E-state index contributed by atoms with van der Waals surface area (Å²) in [6, 6.07) is 6.31. The van der Waals surface area contributed by atoms with Gasteiger partial charge in [0, 0.05) is 25.2 Å². The fourth-order valence-electron chi connectivity index (χ4n) is 1.77. The van der Waals surface area contributed by atoms with Gasteiger partial charge in [0.15, 0.2) is 0 Å². The third-order valence-corrected chi connectivity index (χ3v) is 4.06. The smallest absolute Gasteiger partial charge is 0.271 e. The highest BCUT2D eigenvalue weighted by molar-refractivity contribution is 7.13. The number of thiophene rings is 1. The summed E-state index contributed by atoms with van der Waals surface area (Å²) in [6.07, 6.45) is 1.04. The van der Waals surface area contributed by atoms with Crippen molar-refractivity contribution in [3.8, 4) is 10.6 Å². The number of rotatable bonds is 5. The van der Waals surface area contributed by atoms with Gasteiger partial charge in [-0.05, 0) is 30.9 Å². The molecule has 19 heavy (non-hydrogen) atoms. The normalized spacial score (nSPS) is 12.6. The van der Waals surface area contributed by atoms with Crippen LogP contribution in [0.1, 0.15) is 25.8 Å². The maximum absolute atomic E-state index is 12.1. The van der Waals surface area contributed by atoms with E-state index in [4.69, 9.17) is 0 Å². The molecule has 1 N–H and O–H groups in total. The summed E-state index contributed by atoms with van der Waals surface area (Å²) in [5.74, 6) is 0. The Kier molecular flexibility index (Phi) is 4.50. The summed E-state index contributed by atoms with van der Waals surface area (Å²) in [5, 5.41) is 9.67. The molecule has 1 atom stereocenters. The third kappa shape index (κ3) is 3.30. The number of aryl methyl sites for hydroxylation is 1. The van der Waals surface area contributed by atoms with Gasteiger partial charge in [-0.2, -0.15) is 5.10 Å². The summed E-state index contributed by atoms with van der Waals surface area (Å²) in [4.78, 5) is 13.1. The van der Waals surface area contributed by atoms with Crippen molar-refractivity contribution in [2.75, 3.05) is 0 Å². The topological polar surface area (TPSA) is 46.9 Å². The molecule has 4 nitrogen and oxygen atoms in total. The fraction of sp³-hybridized carbons (Fsp3) is 0.429. The molecule has 2 heterocycles. The Bertz CT molecular complexity index is 589. The van der Waals surface area contributed by atoms with E-state index >= 15 is 0 Å². The second-order valence-electron chi connectivity index (χ2n) is 4.65. The molecule has 0 saturated heterocycles. The van der Waals surface area contributed by atoms with Crippen molar-refractivity contribution in [1.82, 2.24) is 15.1 Å². The Labute approximate surface area is 117 Å². The highest BCUT2D eigenvalue weighted by Crippen LogP contribution is 2.22. The van der Waals surface area contributed by atoms with Gasteiger partial charge in [-0.3, -0.25) is 4.79 Å². The standard InChI is InChI=1S/C14H19N3OS/c1-4-10(2)15-9-11-8-12(13-6-5-7-19-13)16-17(3)14(11)18/h5-8,10,15H,4,9H2,1-3H3. The van der Waals surface area contributed by atoms with Crippen LogP contribution in [0.2, 0.25) is 0 Å². The molecule has 1 unspecified atom stereocenters. The van der Waals surface area contributed by atoms with Crippen molar-refractivity contribution < 1.29 is 0 Å². The average molecular weight is 277 g/mol. The summed E-state index contributed by atoms with van der Waals surface area (Å²) >= 11 is 1.63. The van der Waals surface area contributed by atoms with E-state index in [0.29, 0.717) is 12.6 Å². The van der Waals surface area contributed by atoms with Crippen LogP contribution in [0.3, 0.4) is 0 Å². The first-order valence-corrected chi connectivity index (χ1v) is 7.34. The highest BCUT2D eigenvalue weighted by atomic mass is 32.1. The Balaban J connectivity index is 2.30. The number of aromatic nitrogens is 2. The monoisotopic (exact) mass is 277 g/mol. The lowest BCUT2D eigenvalue weighted by Gasteiger charge is -2.12. The molecule has 2 aromatic rings. The zero-order valence-electron chi connectivity index (χ0n) is 11.5. The first-order chi connectivity index (χ1) is 9.11. The predicted octanol–water partition coefficient (Wildman–Crippen LogP) is 2.40. The molecule has 0 bridgehead atoms. The SMILES string of the molecule is CCC(C)NCc1cc(-c2cccs2)nn(C)c1=O. The molecule has 0 amide bonds. The van der Waals surface area contributed by atoms with Crippen LogP contribution in [0, 0.1) is 0 Å². The molecular weight excluding hydrogens is 258 g/mol. The van der Waals surface area contributed by atoms with E-state index < -0.39 is 0 Å². The zero-order valence-corrected chi connectivity index (χ0v) is 12.3. The van der Waals surface area contributed by atoms with Gasteiger partial charge < -0.3 is 5.32 Å². The van der Waals surface area contributed by atoms with Crippen molar-refractivity contribution in [3.05, 3.63) is 39.5 Å². The lowest BCUT2D eigenvalue weighted by molar-refractivity contribution is 0.528. The molecule has 102 valence electrons. The van der Waals surface area contributed by atoms with Crippen LogP contribution >= 0.6 is 11.3 Å². The van der Waals surface area contributed by atoms with E-state index in [-0.39, 0.29) is 5.56 Å². The van der Waals surface area contributed by atoms with Crippen molar-refractivity contribution >= 4 is 11.3 Å². The molecule has 2 aromatic heterocycles. The van der Waals surface area contributed by atoms with Crippen LogP contribution < -0.4 is 10.9 Å². The Morgan fingerprint density at radius 2 is 2.32 bits per heavy atom. The van der Waals surface area contributed by atoms with E-state index in [1.165, 1.54) is 4.68 Å². The number of hydrogen-bond donors (Lipinski definition) is 1. The maximum Gasteiger partial charge on any atom is 0.271 e. The maximum atomic E-state index is 12.1. The molecule has 0 radical (unpaired) electrons. The Morgan fingerprint density at radius 1 is 1.53 bits per heavy atom. The third-order valence-electron chi connectivity index (χ3n) is 3.16. The summed E-state index contributed by atoms with van der Waals surface area (Å²) < 4.78 is 1.42. The van der Waals surface area contributed by atoms with Gasteiger partial charge in [0.1, 0.15) is 5.69 Å². The van der Waals surface area contributed by atoms with Gasteiger partial charge in [0.25, 0.3) is 5.56 Å². The van der Waals surface area contributed by atoms with Crippen LogP contribution in [-0.4, -0.2) is 15.8 Å². The molecule has 5 heteroatoms. The molecule has 0 aliphatic heterocycles. The van der Waals surface area contributed by atoms with E-state index in [1.807, 2.05) is 23.6 Å². The summed E-state index contributed by atoms with van der Waals surface area (Å²) in [5.41, 5.74) is 1.59. The van der Waals surface area contributed by atoms with E-state index in [1.54, 1.807) is 18.4 Å². The molecular formula is C14H19N3OS. The number of nitrogens with zero attached hydrogens (tertiary/aromatic N) is 2. The van der Waals surface area contributed by atoms with E-state index in [0.717, 1.165) is 22.6 Å². The number of nitrogens with one attached hydrogen (secondary N) is 1. The molecule has 0 aliphatic rings. The van der Waals surface area contributed by atoms with Crippen LogP contribution in [-0.2, 0) is 13.6 Å². The molecule has 2 rings (SSSR count). The van der Waals surface area contributed by atoms with Crippen molar-refractivity contribution in [1.29, 1.82) is 0 Å². The van der Waals surface area contributed by atoms with Gasteiger partial charge in [0.05, 0.1) is 4.88 Å². The molecule has 0 aliphatic carbocycles. The minimum atomic E-state index is -0.0314. The molecule has 0 saturated carbocycles. The highest BCUT2D eigenvalue weighted by Gasteiger charge is 2.09.